The summed E-state index contributed by atoms with van der Waals surface area (Å²) in [5.74, 6) is 0. The van der Waals surface area contributed by atoms with E-state index in [0.717, 1.165) is 0 Å². The molecule has 84 valence electrons. The third-order valence-electron chi connectivity index (χ3n) is 4.09. The Balaban J connectivity index is 3.01. The van der Waals surface area contributed by atoms with E-state index in [1.165, 1.54) is 44.5 Å². The average Bonchev–Trinajstić information content (AvgIpc) is 2.63. The highest BCUT2D eigenvalue weighted by Gasteiger charge is 2.14. The average molecular weight is 212 g/mol. The number of hydrogen-bond donors (Lipinski definition) is 0. The van der Waals surface area contributed by atoms with Crippen LogP contribution in [0.2, 0.25) is 0 Å². The molecule has 0 saturated heterocycles. The fourth-order valence-corrected chi connectivity index (χ4v) is 2.52. The molecule has 0 aromatic heterocycles. The summed E-state index contributed by atoms with van der Waals surface area (Å²) in [6.45, 7) is 13.4. The smallest absolute Gasteiger partial charge is 0.0146 e. The van der Waals surface area contributed by atoms with Crippen molar-refractivity contribution < 1.29 is 0 Å². The Morgan fingerprint density at radius 2 is 0.812 bits per heavy atom. The van der Waals surface area contributed by atoms with Crippen LogP contribution < -0.4 is 0 Å². The van der Waals surface area contributed by atoms with E-state index in [2.05, 4.69) is 53.7 Å². The third kappa shape index (κ3) is 1.44. The molecule has 0 aromatic carbocycles. The van der Waals surface area contributed by atoms with E-state index in [0.29, 0.717) is 0 Å². The first-order valence-corrected chi connectivity index (χ1v) is 5.90. The van der Waals surface area contributed by atoms with Crippen molar-refractivity contribution in [3.05, 3.63) is 45.5 Å². The van der Waals surface area contributed by atoms with Gasteiger partial charge in [-0.2, -0.15) is 0 Å². The largest absolute Gasteiger partial charge is 0.0511 e. The van der Waals surface area contributed by atoms with Crippen molar-refractivity contribution in [2.45, 2.75) is 41.5 Å². The summed E-state index contributed by atoms with van der Waals surface area (Å²) in [4.78, 5) is 0. The summed E-state index contributed by atoms with van der Waals surface area (Å²) in [5.41, 5.74) is 11.4. The van der Waals surface area contributed by atoms with E-state index in [9.17, 15) is 0 Å². The SMILES string of the molecule is Cc1cc2c(C)c(C)c(C)c(C)c(C)c-2c1. The van der Waals surface area contributed by atoms with E-state index in [4.69, 9.17) is 0 Å². The van der Waals surface area contributed by atoms with Crippen molar-refractivity contribution in [1.82, 2.24) is 0 Å². The molecule has 2 rings (SSSR count). The zero-order valence-corrected chi connectivity index (χ0v) is 11.2. The molecule has 0 atom stereocenters. The summed E-state index contributed by atoms with van der Waals surface area (Å²) in [7, 11) is 0. The minimum Gasteiger partial charge on any atom is -0.0511 e. The fourth-order valence-electron chi connectivity index (χ4n) is 2.52. The van der Waals surface area contributed by atoms with E-state index in [1.807, 2.05) is 0 Å². The van der Waals surface area contributed by atoms with Crippen molar-refractivity contribution >= 4 is 0 Å². The topological polar surface area (TPSA) is 0 Å². The summed E-state index contributed by atoms with van der Waals surface area (Å²) in [6.07, 6.45) is 0. The highest BCUT2D eigenvalue weighted by atomic mass is 14.2. The molecule has 2 aliphatic carbocycles. The van der Waals surface area contributed by atoms with Crippen LogP contribution >= 0.6 is 0 Å². The highest BCUT2D eigenvalue weighted by molar-refractivity contribution is 5.77. The van der Waals surface area contributed by atoms with Crippen LogP contribution in [0.15, 0.2) is 12.1 Å². The molecule has 0 bridgehead atoms. The normalized spacial score (nSPS) is 11.1. The van der Waals surface area contributed by atoms with Gasteiger partial charge >= 0.3 is 0 Å². The second kappa shape index (κ2) is 3.62. The van der Waals surface area contributed by atoms with Crippen LogP contribution in [-0.4, -0.2) is 0 Å². The van der Waals surface area contributed by atoms with E-state index in [-0.39, 0.29) is 0 Å². The lowest BCUT2D eigenvalue weighted by atomic mass is 10.0. The van der Waals surface area contributed by atoms with Crippen molar-refractivity contribution in [2.24, 2.45) is 0 Å². The molecule has 0 saturated carbocycles. The predicted molar refractivity (Wildman–Crippen MR) is 71.5 cm³/mol. The first-order chi connectivity index (χ1) is 7.43. The Kier molecular flexibility index (Phi) is 2.53. The molecule has 0 radical (unpaired) electrons. The fraction of sp³-hybridized carbons (Fsp3) is 0.375. The lowest BCUT2D eigenvalue weighted by molar-refractivity contribution is 1.24. The van der Waals surface area contributed by atoms with E-state index in [1.54, 1.807) is 0 Å². The summed E-state index contributed by atoms with van der Waals surface area (Å²) >= 11 is 0. The Morgan fingerprint density at radius 1 is 0.500 bits per heavy atom. The lowest BCUT2D eigenvalue weighted by Crippen LogP contribution is -1.85. The Labute approximate surface area is 98.7 Å². The standard InChI is InChI=1S/C16H20/c1-9-7-15-13(5)11(3)10(2)12(4)14(6)16(15)8-9/h7-8H,1-6H3. The van der Waals surface area contributed by atoms with Crippen LogP contribution in [0.3, 0.4) is 0 Å². The predicted octanol–water partition coefficient (Wildman–Crippen LogP) is 4.64. The molecule has 0 N–H and O–H groups in total. The van der Waals surface area contributed by atoms with Gasteiger partial charge in [0, 0.05) is 0 Å². The van der Waals surface area contributed by atoms with Gasteiger partial charge in [0.15, 0.2) is 0 Å². The van der Waals surface area contributed by atoms with Crippen LogP contribution in [0.1, 0.15) is 33.4 Å². The monoisotopic (exact) mass is 212 g/mol. The Morgan fingerprint density at radius 3 is 1.19 bits per heavy atom. The van der Waals surface area contributed by atoms with Gasteiger partial charge < -0.3 is 0 Å². The van der Waals surface area contributed by atoms with Crippen molar-refractivity contribution in [3.8, 4) is 11.1 Å². The maximum absolute atomic E-state index is 2.31. The van der Waals surface area contributed by atoms with Gasteiger partial charge in [0.2, 0.25) is 0 Å². The van der Waals surface area contributed by atoms with Gasteiger partial charge in [0.1, 0.15) is 0 Å². The van der Waals surface area contributed by atoms with E-state index < -0.39 is 0 Å². The Bertz CT molecular complexity index is 487. The minimum atomic E-state index is 1.36. The van der Waals surface area contributed by atoms with Gasteiger partial charge in [-0.25, -0.2) is 0 Å². The molecule has 0 heterocycles. The number of hydrogen-bond acceptors (Lipinski definition) is 0. The second-order valence-electron chi connectivity index (χ2n) is 4.99. The minimum absolute atomic E-state index is 1.36. The highest BCUT2D eigenvalue weighted by Crippen LogP contribution is 2.35. The van der Waals surface area contributed by atoms with Gasteiger partial charge in [-0.3, -0.25) is 0 Å². The van der Waals surface area contributed by atoms with Crippen LogP contribution in [0.5, 0.6) is 0 Å². The summed E-state index contributed by atoms with van der Waals surface area (Å²) in [6, 6.07) is 4.62. The molecule has 0 fully saturated rings. The molecular weight excluding hydrogens is 192 g/mol. The first-order valence-electron chi connectivity index (χ1n) is 5.90. The van der Waals surface area contributed by atoms with Crippen molar-refractivity contribution in [1.29, 1.82) is 0 Å². The van der Waals surface area contributed by atoms with E-state index >= 15 is 0 Å². The zero-order chi connectivity index (χ0) is 12.0. The summed E-state index contributed by atoms with van der Waals surface area (Å²) < 4.78 is 0. The molecule has 0 aromatic rings. The molecule has 0 aliphatic heterocycles. The number of aryl methyl sites for hydroxylation is 1. The molecule has 0 heteroatoms. The Hall–Kier alpha value is -1.30. The third-order valence-corrected chi connectivity index (χ3v) is 4.09. The molecule has 0 nitrogen and oxygen atoms in total. The van der Waals surface area contributed by atoms with Gasteiger partial charge in [0.05, 0.1) is 0 Å². The van der Waals surface area contributed by atoms with Gasteiger partial charge in [-0.05, 0) is 86.1 Å². The molecule has 0 spiro atoms. The molecule has 2 aliphatic rings. The van der Waals surface area contributed by atoms with Gasteiger partial charge in [-0.15, -0.1) is 0 Å². The quantitative estimate of drug-likeness (QED) is 0.596. The van der Waals surface area contributed by atoms with Crippen molar-refractivity contribution in [3.63, 3.8) is 0 Å². The van der Waals surface area contributed by atoms with Crippen LogP contribution in [0.25, 0.3) is 11.1 Å². The maximum atomic E-state index is 2.31. The first kappa shape index (κ1) is 11.2. The van der Waals surface area contributed by atoms with Gasteiger partial charge in [0.25, 0.3) is 0 Å². The molecule has 16 heavy (non-hydrogen) atoms. The maximum Gasteiger partial charge on any atom is -0.0146 e. The molecule has 0 amide bonds. The molecular formula is C16H20. The van der Waals surface area contributed by atoms with Gasteiger partial charge in [-0.1, -0.05) is 12.1 Å². The number of fused-ring (bicyclic) bond motifs is 1. The van der Waals surface area contributed by atoms with Crippen LogP contribution in [-0.2, 0) is 0 Å². The second-order valence-corrected chi connectivity index (χ2v) is 4.99. The molecule has 0 unspecified atom stereocenters. The lowest BCUT2D eigenvalue weighted by Gasteiger charge is -2.02. The number of rotatable bonds is 0. The van der Waals surface area contributed by atoms with Crippen LogP contribution in [0.4, 0.5) is 0 Å². The summed E-state index contributed by atoms with van der Waals surface area (Å²) in [5, 5.41) is 0. The van der Waals surface area contributed by atoms with Crippen LogP contribution in [0, 0.1) is 41.5 Å². The van der Waals surface area contributed by atoms with Crippen molar-refractivity contribution in [2.75, 3.05) is 0 Å². The zero-order valence-electron chi connectivity index (χ0n) is 11.2.